The SMILES string of the molecule is CCS(=O)(=O)N1CC(=O)N(Cc2ccc3c(c2)OCO3)CC(O)C1. The number of aliphatic hydroxyl groups is 1. The molecule has 1 amide bonds. The Hall–Kier alpha value is -1.84. The minimum atomic E-state index is -3.53. The molecule has 24 heavy (non-hydrogen) atoms. The van der Waals surface area contributed by atoms with Crippen LogP contribution < -0.4 is 9.47 Å². The second-order valence-electron chi connectivity index (χ2n) is 5.81. The summed E-state index contributed by atoms with van der Waals surface area (Å²) in [5, 5.41) is 10.1. The average Bonchev–Trinajstić information content (AvgIpc) is 2.95. The first kappa shape index (κ1) is 17.0. The first-order valence-corrected chi connectivity index (χ1v) is 9.32. The van der Waals surface area contributed by atoms with Crippen LogP contribution >= 0.6 is 0 Å². The maximum absolute atomic E-state index is 12.4. The summed E-state index contributed by atoms with van der Waals surface area (Å²) in [6.45, 7) is 1.72. The van der Waals surface area contributed by atoms with Crippen molar-refractivity contribution in [1.82, 2.24) is 9.21 Å². The van der Waals surface area contributed by atoms with Gasteiger partial charge in [0.1, 0.15) is 0 Å². The minimum absolute atomic E-state index is 0.0699. The molecule has 0 aliphatic carbocycles. The molecule has 3 rings (SSSR count). The first-order chi connectivity index (χ1) is 11.4. The van der Waals surface area contributed by atoms with Crippen molar-refractivity contribution in [1.29, 1.82) is 0 Å². The number of hydrogen-bond acceptors (Lipinski definition) is 6. The normalized spacial score (nSPS) is 21.8. The molecule has 1 aromatic carbocycles. The smallest absolute Gasteiger partial charge is 0.238 e. The van der Waals surface area contributed by atoms with Gasteiger partial charge in [-0.1, -0.05) is 6.07 Å². The van der Waals surface area contributed by atoms with Gasteiger partial charge in [0.15, 0.2) is 11.5 Å². The maximum atomic E-state index is 12.4. The van der Waals surface area contributed by atoms with Crippen molar-refractivity contribution < 1.29 is 27.8 Å². The van der Waals surface area contributed by atoms with Crippen LogP contribution in [0, 0.1) is 0 Å². The molecule has 1 fully saturated rings. The number of benzene rings is 1. The van der Waals surface area contributed by atoms with Gasteiger partial charge in [-0.3, -0.25) is 4.79 Å². The van der Waals surface area contributed by atoms with Crippen molar-refractivity contribution in [2.24, 2.45) is 0 Å². The van der Waals surface area contributed by atoms with Gasteiger partial charge in [0.05, 0.1) is 18.4 Å². The third-order valence-electron chi connectivity index (χ3n) is 4.08. The minimum Gasteiger partial charge on any atom is -0.454 e. The molecule has 1 saturated heterocycles. The number of aliphatic hydroxyl groups excluding tert-OH is 1. The molecule has 0 spiro atoms. The van der Waals surface area contributed by atoms with Gasteiger partial charge in [0.25, 0.3) is 0 Å². The summed E-state index contributed by atoms with van der Waals surface area (Å²) < 4.78 is 35.6. The lowest BCUT2D eigenvalue weighted by atomic mass is 10.2. The van der Waals surface area contributed by atoms with E-state index in [0.717, 1.165) is 9.87 Å². The predicted molar refractivity (Wildman–Crippen MR) is 85.0 cm³/mol. The van der Waals surface area contributed by atoms with Crippen LogP contribution in [0.25, 0.3) is 0 Å². The van der Waals surface area contributed by atoms with Crippen molar-refractivity contribution in [2.45, 2.75) is 19.6 Å². The Morgan fingerprint density at radius 2 is 2.00 bits per heavy atom. The van der Waals surface area contributed by atoms with Crippen molar-refractivity contribution >= 4 is 15.9 Å². The van der Waals surface area contributed by atoms with Gasteiger partial charge >= 0.3 is 0 Å². The number of nitrogens with zero attached hydrogens (tertiary/aromatic N) is 2. The number of hydrogen-bond donors (Lipinski definition) is 1. The standard InChI is InChI=1S/C15H20N2O6S/c1-2-24(20,21)17-8-12(18)7-16(15(19)9-17)6-11-3-4-13-14(5-11)23-10-22-13/h3-5,12,18H,2,6-10H2,1H3. The highest BCUT2D eigenvalue weighted by Crippen LogP contribution is 2.32. The third-order valence-corrected chi connectivity index (χ3v) is 5.87. The summed E-state index contributed by atoms with van der Waals surface area (Å²) in [7, 11) is -3.53. The van der Waals surface area contributed by atoms with Crippen molar-refractivity contribution in [3.8, 4) is 11.5 Å². The van der Waals surface area contributed by atoms with E-state index < -0.39 is 16.1 Å². The van der Waals surface area contributed by atoms with E-state index in [-0.39, 0.29) is 44.6 Å². The molecule has 0 aromatic heterocycles. The molecular weight excluding hydrogens is 336 g/mol. The summed E-state index contributed by atoms with van der Waals surface area (Å²) in [5.41, 5.74) is 0.826. The van der Waals surface area contributed by atoms with Crippen LogP contribution in [0.5, 0.6) is 11.5 Å². The Morgan fingerprint density at radius 1 is 1.25 bits per heavy atom. The lowest BCUT2D eigenvalue weighted by Crippen LogP contribution is -2.40. The summed E-state index contributed by atoms with van der Waals surface area (Å²) in [6, 6.07) is 5.37. The van der Waals surface area contributed by atoms with E-state index in [2.05, 4.69) is 0 Å². The van der Waals surface area contributed by atoms with Crippen LogP contribution in [0.3, 0.4) is 0 Å². The Kier molecular flexibility index (Phi) is 4.66. The molecule has 1 aromatic rings. The zero-order valence-electron chi connectivity index (χ0n) is 13.3. The summed E-state index contributed by atoms with van der Waals surface area (Å²) in [6.07, 6.45) is -0.924. The highest BCUT2D eigenvalue weighted by Gasteiger charge is 2.32. The summed E-state index contributed by atoms with van der Waals surface area (Å²) >= 11 is 0. The van der Waals surface area contributed by atoms with E-state index in [4.69, 9.17) is 9.47 Å². The van der Waals surface area contributed by atoms with E-state index >= 15 is 0 Å². The van der Waals surface area contributed by atoms with Crippen LogP contribution in [0.2, 0.25) is 0 Å². The zero-order valence-corrected chi connectivity index (χ0v) is 14.2. The Labute approximate surface area is 140 Å². The van der Waals surface area contributed by atoms with Gasteiger partial charge in [-0.25, -0.2) is 8.42 Å². The second-order valence-corrected chi connectivity index (χ2v) is 8.07. The molecule has 0 saturated carbocycles. The largest absolute Gasteiger partial charge is 0.454 e. The molecule has 2 heterocycles. The second kappa shape index (κ2) is 6.58. The number of ether oxygens (including phenoxy) is 2. The van der Waals surface area contributed by atoms with E-state index in [1.807, 2.05) is 6.07 Å². The van der Waals surface area contributed by atoms with Gasteiger partial charge in [-0.2, -0.15) is 4.31 Å². The molecule has 0 bridgehead atoms. The highest BCUT2D eigenvalue weighted by molar-refractivity contribution is 7.89. The quantitative estimate of drug-likeness (QED) is 0.801. The molecule has 1 atom stereocenters. The molecule has 1 N–H and O–H groups in total. The van der Waals surface area contributed by atoms with Crippen molar-refractivity contribution in [3.05, 3.63) is 23.8 Å². The zero-order chi connectivity index (χ0) is 17.3. The Morgan fingerprint density at radius 3 is 2.75 bits per heavy atom. The lowest BCUT2D eigenvalue weighted by molar-refractivity contribution is -0.131. The molecule has 1 unspecified atom stereocenters. The highest BCUT2D eigenvalue weighted by atomic mass is 32.2. The maximum Gasteiger partial charge on any atom is 0.238 e. The molecule has 8 nitrogen and oxygen atoms in total. The fourth-order valence-corrected chi connectivity index (χ4v) is 3.84. The molecule has 2 aliphatic rings. The molecule has 2 aliphatic heterocycles. The van der Waals surface area contributed by atoms with E-state index in [1.54, 1.807) is 12.1 Å². The van der Waals surface area contributed by atoms with Crippen molar-refractivity contribution in [2.75, 3.05) is 32.2 Å². The van der Waals surface area contributed by atoms with Gasteiger partial charge in [-0.15, -0.1) is 0 Å². The van der Waals surface area contributed by atoms with E-state index in [0.29, 0.717) is 11.5 Å². The number of β-amino-alcohol motifs (C(OH)–C–C–N with tert-alkyl or cyclic N) is 1. The van der Waals surface area contributed by atoms with Crippen LogP contribution in [0.15, 0.2) is 18.2 Å². The van der Waals surface area contributed by atoms with Gasteiger partial charge in [0, 0.05) is 19.6 Å². The van der Waals surface area contributed by atoms with Crippen molar-refractivity contribution in [3.63, 3.8) is 0 Å². The van der Waals surface area contributed by atoms with Gasteiger partial charge < -0.3 is 19.5 Å². The van der Waals surface area contributed by atoms with E-state index in [9.17, 15) is 18.3 Å². The Bertz CT molecular complexity index is 735. The summed E-state index contributed by atoms with van der Waals surface area (Å²) in [5.74, 6) is 0.836. The van der Waals surface area contributed by atoms with Gasteiger partial charge in [0.2, 0.25) is 22.7 Å². The lowest BCUT2D eigenvalue weighted by Gasteiger charge is -2.22. The molecule has 132 valence electrons. The molecular formula is C15H20N2O6S. The van der Waals surface area contributed by atoms with Gasteiger partial charge in [-0.05, 0) is 24.6 Å². The first-order valence-electron chi connectivity index (χ1n) is 7.71. The van der Waals surface area contributed by atoms with E-state index in [1.165, 1.54) is 11.8 Å². The monoisotopic (exact) mass is 356 g/mol. The summed E-state index contributed by atoms with van der Waals surface area (Å²) in [4.78, 5) is 13.9. The van der Waals surface area contributed by atoms with Crippen LogP contribution in [0.1, 0.15) is 12.5 Å². The Balaban J connectivity index is 1.75. The predicted octanol–water partition coefficient (Wildman–Crippen LogP) is -0.230. The average molecular weight is 356 g/mol. The van der Waals surface area contributed by atoms with Crippen LogP contribution in [-0.4, -0.2) is 66.9 Å². The molecule has 0 radical (unpaired) electrons. The number of rotatable bonds is 4. The fraction of sp³-hybridized carbons (Fsp3) is 0.533. The molecule has 9 heteroatoms. The van der Waals surface area contributed by atoms with Crippen LogP contribution in [0.4, 0.5) is 0 Å². The number of amides is 1. The van der Waals surface area contributed by atoms with Crippen LogP contribution in [-0.2, 0) is 21.4 Å². The topological polar surface area (TPSA) is 96.4 Å². The third kappa shape index (κ3) is 3.47. The number of carbonyl (C=O) groups excluding carboxylic acids is 1. The number of carbonyl (C=O) groups is 1. The number of fused-ring (bicyclic) bond motifs is 1. The number of sulfonamides is 1. The fourth-order valence-electron chi connectivity index (χ4n) is 2.77.